The predicted molar refractivity (Wildman–Crippen MR) is 107 cm³/mol. The third-order valence-electron chi connectivity index (χ3n) is 5.17. The normalized spacial score (nSPS) is 17.0. The third-order valence-corrected chi connectivity index (χ3v) is 5.17. The van der Waals surface area contributed by atoms with E-state index in [0.717, 1.165) is 24.6 Å². The number of non-ortho nitro benzene ring substituents is 1. The highest BCUT2D eigenvalue weighted by Crippen LogP contribution is 2.31. The Morgan fingerprint density at radius 3 is 2.55 bits per heavy atom. The topological polar surface area (TPSA) is 90.0 Å². The number of aryl methyl sites for hydroxylation is 1. The van der Waals surface area contributed by atoms with Crippen molar-refractivity contribution in [2.45, 2.75) is 32.0 Å². The maximum absolute atomic E-state index is 12.9. The quantitative estimate of drug-likeness (QED) is 0.448. The minimum atomic E-state index is -4.47. The fraction of sp³-hybridized carbons (Fsp3) is 0.350. The molecule has 8 nitrogen and oxygen atoms in total. The number of rotatable bonds is 4. The summed E-state index contributed by atoms with van der Waals surface area (Å²) < 4.78 is 40.0. The summed E-state index contributed by atoms with van der Waals surface area (Å²) in [5, 5.41) is 14.6. The summed E-state index contributed by atoms with van der Waals surface area (Å²) in [7, 11) is 0. The van der Waals surface area contributed by atoms with Gasteiger partial charge in [-0.15, -0.1) is 0 Å². The van der Waals surface area contributed by atoms with Gasteiger partial charge >= 0.3 is 6.18 Å². The van der Waals surface area contributed by atoms with E-state index in [1.165, 1.54) is 23.0 Å². The molecule has 31 heavy (non-hydrogen) atoms. The van der Waals surface area contributed by atoms with Gasteiger partial charge in [-0.3, -0.25) is 14.8 Å². The zero-order valence-corrected chi connectivity index (χ0v) is 16.6. The molecule has 0 N–H and O–H groups in total. The van der Waals surface area contributed by atoms with Crippen molar-refractivity contribution in [2.75, 3.05) is 18.0 Å². The van der Waals surface area contributed by atoms with Crippen molar-refractivity contribution in [3.63, 3.8) is 0 Å². The molecule has 1 aliphatic heterocycles. The average molecular weight is 432 g/mol. The molecule has 3 heterocycles. The van der Waals surface area contributed by atoms with E-state index in [1.54, 1.807) is 12.1 Å². The van der Waals surface area contributed by atoms with Crippen molar-refractivity contribution >= 4 is 11.5 Å². The number of anilines is 1. The Morgan fingerprint density at radius 1 is 1.16 bits per heavy atom. The van der Waals surface area contributed by atoms with Gasteiger partial charge in [0, 0.05) is 48.7 Å². The molecule has 4 rings (SSSR count). The lowest BCUT2D eigenvalue weighted by Crippen LogP contribution is -2.37. The first-order valence-electron chi connectivity index (χ1n) is 9.68. The number of alkyl halides is 3. The number of nitrogens with zero attached hydrogens (tertiary/aromatic N) is 6. The van der Waals surface area contributed by atoms with Crippen LogP contribution in [0.15, 0.2) is 42.6 Å². The smallest absolute Gasteiger partial charge is 0.354 e. The molecule has 0 saturated carbocycles. The lowest BCUT2D eigenvalue weighted by atomic mass is 10.1. The van der Waals surface area contributed by atoms with Crippen LogP contribution in [-0.2, 0) is 6.18 Å². The number of piperidine rings is 1. The lowest BCUT2D eigenvalue weighted by molar-refractivity contribution is -0.384. The van der Waals surface area contributed by atoms with Crippen molar-refractivity contribution in [3.05, 3.63) is 64.1 Å². The summed E-state index contributed by atoms with van der Waals surface area (Å²) >= 11 is 0. The molecule has 1 aromatic carbocycles. The Kier molecular flexibility index (Phi) is 5.34. The standard InChI is InChI=1S/C20H19F3N6O2/c1-13-11-18(25-19(24-13)14-4-6-15(7-5-14)29(30)31)27-9-2-3-16(12-27)28-10-8-17(26-28)20(21,22)23/h4-8,10-11,16H,2-3,9,12H2,1H3. The van der Waals surface area contributed by atoms with Gasteiger partial charge in [0.05, 0.1) is 11.0 Å². The number of nitro benzene ring substituents is 1. The van der Waals surface area contributed by atoms with Crippen molar-refractivity contribution in [2.24, 2.45) is 0 Å². The first kappa shape index (κ1) is 20.8. The van der Waals surface area contributed by atoms with Crippen molar-refractivity contribution in [3.8, 4) is 11.4 Å². The molecule has 1 unspecified atom stereocenters. The van der Waals surface area contributed by atoms with Gasteiger partial charge in [-0.2, -0.15) is 18.3 Å². The second kappa shape index (κ2) is 7.97. The number of aromatic nitrogens is 4. The van der Waals surface area contributed by atoms with E-state index in [9.17, 15) is 23.3 Å². The molecule has 0 spiro atoms. The zero-order valence-electron chi connectivity index (χ0n) is 16.6. The molecular formula is C20H19F3N6O2. The summed E-state index contributed by atoms with van der Waals surface area (Å²) in [5.74, 6) is 1.10. The van der Waals surface area contributed by atoms with Crippen LogP contribution in [-0.4, -0.2) is 37.8 Å². The van der Waals surface area contributed by atoms with E-state index in [2.05, 4.69) is 15.1 Å². The van der Waals surface area contributed by atoms with E-state index in [1.807, 2.05) is 17.9 Å². The van der Waals surface area contributed by atoms with Gasteiger partial charge in [-0.1, -0.05) is 0 Å². The van der Waals surface area contributed by atoms with Crippen LogP contribution < -0.4 is 4.90 Å². The molecule has 0 aliphatic carbocycles. The second-order valence-electron chi connectivity index (χ2n) is 7.42. The highest BCUT2D eigenvalue weighted by Gasteiger charge is 2.34. The molecule has 0 amide bonds. The molecule has 0 radical (unpaired) electrons. The second-order valence-corrected chi connectivity index (χ2v) is 7.42. The largest absolute Gasteiger partial charge is 0.435 e. The van der Waals surface area contributed by atoms with Gasteiger partial charge in [0.1, 0.15) is 5.82 Å². The van der Waals surface area contributed by atoms with Crippen LogP contribution in [0.1, 0.15) is 30.3 Å². The summed E-state index contributed by atoms with van der Waals surface area (Å²) in [6, 6.07) is 8.59. The van der Waals surface area contributed by atoms with Gasteiger partial charge in [0.2, 0.25) is 0 Å². The lowest BCUT2D eigenvalue weighted by Gasteiger charge is -2.34. The molecular weight excluding hydrogens is 413 g/mol. The number of benzene rings is 1. The number of nitro groups is 1. The Morgan fingerprint density at radius 2 is 1.90 bits per heavy atom. The van der Waals surface area contributed by atoms with E-state index >= 15 is 0 Å². The van der Waals surface area contributed by atoms with Gasteiger partial charge in [-0.05, 0) is 38.0 Å². The fourth-order valence-corrected chi connectivity index (χ4v) is 3.65. The first-order valence-corrected chi connectivity index (χ1v) is 9.68. The van der Waals surface area contributed by atoms with Crippen LogP contribution in [0, 0.1) is 17.0 Å². The van der Waals surface area contributed by atoms with E-state index in [-0.39, 0.29) is 11.7 Å². The van der Waals surface area contributed by atoms with Crippen LogP contribution in [0.25, 0.3) is 11.4 Å². The highest BCUT2D eigenvalue weighted by atomic mass is 19.4. The SMILES string of the molecule is Cc1cc(N2CCCC(n3ccc(C(F)(F)F)n3)C2)nc(-c2ccc([N+](=O)[O-])cc2)n1. The molecule has 0 bridgehead atoms. The molecule has 11 heteroatoms. The summed E-state index contributed by atoms with van der Waals surface area (Å²) in [4.78, 5) is 21.4. The molecule has 1 saturated heterocycles. The molecule has 1 fully saturated rings. The molecule has 2 aromatic heterocycles. The monoisotopic (exact) mass is 432 g/mol. The minimum absolute atomic E-state index is 0.0204. The van der Waals surface area contributed by atoms with Crippen LogP contribution >= 0.6 is 0 Å². The van der Waals surface area contributed by atoms with Crippen molar-refractivity contribution in [1.82, 2.24) is 19.7 Å². The Balaban J connectivity index is 1.57. The average Bonchev–Trinajstić information content (AvgIpc) is 3.24. The minimum Gasteiger partial charge on any atom is -0.354 e. The molecule has 1 atom stereocenters. The van der Waals surface area contributed by atoms with Crippen LogP contribution in [0.5, 0.6) is 0 Å². The van der Waals surface area contributed by atoms with E-state index in [4.69, 9.17) is 0 Å². The van der Waals surface area contributed by atoms with Gasteiger partial charge < -0.3 is 4.90 Å². The summed E-state index contributed by atoms with van der Waals surface area (Å²) in [5.41, 5.74) is 0.445. The number of halogens is 3. The predicted octanol–water partition coefficient (Wildman–Crippen LogP) is 4.42. The zero-order chi connectivity index (χ0) is 22.2. The van der Waals surface area contributed by atoms with E-state index in [0.29, 0.717) is 30.3 Å². The van der Waals surface area contributed by atoms with Crippen LogP contribution in [0.2, 0.25) is 0 Å². The Bertz CT molecular complexity index is 1100. The summed E-state index contributed by atoms with van der Waals surface area (Å²) in [6.45, 7) is 3.00. The molecule has 1 aliphatic rings. The molecule has 162 valence electrons. The molecule has 3 aromatic rings. The third kappa shape index (κ3) is 4.49. The van der Waals surface area contributed by atoms with Crippen LogP contribution in [0.3, 0.4) is 0 Å². The Hall–Kier alpha value is -3.50. The first-order chi connectivity index (χ1) is 14.7. The van der Waals surface area contributed by atoms with Crippen molar-refractivity contribution in [1.29, 1.82) is 0 Å². The fourth-order valence-electron chi connectivity index (χ4n) is 3.65. The number of hydrogen-bond donors (Lipinski definition) is 0. The maximum atomic E-state index is 12.9. The Labute approximate surface area is 175 Å². The van der Waals surface area contributed by atoms with Crippen LogP contribution in [0.4, 0.5) is 24.7 Å². The van der Waals surface area contributed by atoms with Gasteiger partial charge in [-0.25, -0.2) is 9.97 Å². The van der Waals surface area contributed by atoms with Gasteiger partial charge in [0.15, 0.2) is 11.5 Å². The maximum Gasteiger partial charge on any atom is 0.435 e. The van der Waals surface area contributed by atoms with Gasteiger partial charge in [0.25, 0.3) is 5.69 Å². The number of hydrogen-bond acceptors (Lipinski definition) is 6. The highest BCUT2D eigenvalue weighted by molar-refractivity contribution is 5.60. The van der Waals surface area contributed by atoms with E-state index < -0.39 is 16.8 Å². The summed E-state index contributed by atoms with van der Waals surface area (Å²) in [6.07, 6.45) is -1.61. The van der Waals surface area contributed by atoms with Crippen molar-refractivity contribution < 1.29 is 18.1 Å².